The van der Waals surface area contributed by atoms with Gasteiger partial charge in [0.15, 0.2) is 5.16 Å². The lowest BCUT2D eigenvalue weighted by atomic mass is 10.2. The highest BCUT2D eigenvalue weighted by atomic mass is 32.2. The van der Waals surface area contributed by atoms with Crippen molar-refractivity contribution in [2.24, 2.45) is 0 Å². The molecule has 0 N–H and O–H groups in total. The van der Waals surface area contributed by atoms with E-state index < -0.39 is 0 Å². The highest BCUT2D eigenvalue weighted by molar-refractivity contribution is 8.00. The third-order valence-electron chi connectivity index (χ3n) is 3.82. The molecular formula is C19H20N4OS. The topological polar surface area (TPSA) is 51.0 Å². The number of benzene rings is 2. The molecule has 0 fully saturated rings. The van der Waals surface area contributed by atoms with Crippen molar-refractivity contribution < 1.29 is 4.79 Å². The average Bonchev–Trinajstić information content (AvgIpc) is 3.10. The van der Waals surface area contributed by atoms with E-state index in [9.17, 15) is 4.79 Å². The van der Waals surface area contributed by atoms with Gasteiger partial charge >= 0.3 is 0 Å². The summed E-state index contributed by atoms with van der Waals surface area (Å²) in [6, 6.07) is 19.8. The lowest BCUT2D eigenvalue weighted by Gasteiger charge is -2.21. The Balaban J connectivity index is 1.67. The summed E-state index contributed by atoms with van der Waals surface area (Å²) in [5.41, 5.74) is 2.09. The zero-order valence-corrected chi connectivity index (χ0v) is 15.1. The number of aromatic nitrogens is 3. The number of thioether (sulfide) groups is 1. The molecule has 0 aliphatic heterocycles. The SMILES string of the molecule is C[C@@H](Sc1nncn1-c1ccccc1)C(=O)N(C)Cc1ccccc1. The van der Waals surface area contributed by atoms with Crippen molar-refractivity contribution in [1.82, 2.24) is 19.7 Å². The Morgan fingerprint density at radius 3 is 2.44 bits per heavy atom. The molecule has 25 heavy (non-hydrogen) atoms. The third kappa shape index (κ3) is 4.28. The number of carbonyl (C=O) groups excluding carboxylic acids is 1. The summed E-state index contributed by atoms with van der Waals surface area (Å²) in [6.45, 7) is 2.49. The van der Waals surface area contributed by atoms with Crippen LogP contribution in [0, 0.1) is 0 Å². The van der Waals surface area contributed by atoms with E-state index in [1.54, 1.807) is 11.2 Å². The van der Waals surface area contributed by atoms with Gasteiger partial charge in [0.2, 0.25) is 5.91 Å². The van der Waals surface area contributed by atoms with E-state index in [1.165, 1.54) is 11.8 Å². The summed E-state index contributed by atoms with van der Waals surface area (Å²) in [4.78, 5) is 14.4. The van der Waals surface area contributed by atoms with Gasteiger partial charge in [-0.2, -0.15) is 0 Å². The predicted molar refractivity (Wildman–Crippen MR) is 99.6 cm³/mol. The van der Waals surface area contributed by atoms with Gasteiger partial charge in [-0.15, -0.1) is 10.2 Å². The number of amides is 1. The minimum absolute atomic E-state index is 0.0662. The van der Waals surface area contributed by atoms with E-state index in [4.69, 9.17) is 0 Å². The zero-order valence-electron chi connectivity index (χ0n) is 14.2. The molecule has 6 heteroatoms. The van der Waals surface area contributed by atoms with Crippen molar-refractivity contribution in [3.8, 4) is 5.69 Å². The van der Waals surface area contributed by atoms with Gasteiger partial charge in [-0.25, -0.2) is 0 Å². The molecule has 0 radical (unpaired) electrons. The van der Waals surface area contributed by atoms with Crippen molar-refractivity contribution in [2.45, 2.75) is 23.9 Å². The normalized spacial score (nSPS) is 11.9. The van der Waals surface area contributed by atoms with E-state index >= 15 is 0 Å². The number of nitrogens with zero attached hydrogens (tertiary/aromatic N) is 4. The fourth-order valence-electron chi connectivity index (χ4n) is 2.52. The van der Waals surface area contributed by atoms with Crippen LogP contribution in [0.15, 0.2) is 72.1 Å². The van der Waals surface area contributed by atoms with Gasteiger partial charge in [0.05, 0.1) is 5.25 Å². The first-order valence-electron chi connectivity index (χ1n) is 8.06. The fourth-order valence-corrected chi connectivity index (χ4v) is 3.48. The predicted octanol–water partition coefficient (Wildman–Crippen LogP) is 3.41. The smallest absolute Gasteiger partial charge is 0.235 e. The largest absolute Gasteiger partial charge is 0.340 e. The lowest BCUT2D eigenvalue weighted by Crippen LogP contribution is -2.32. The van der Waals surface area contributed by atoms with E-state index in [-0.39, 0.29) is 11.2 Å². The van der Waals surface area contributed by atoms with Gasteiger partial charge in [-0.1, -0.05) is 60.3 Å². The Labute approximate surface area is 151 Å². The Kier molecular flexibility index (Phi) is 5.50. The van der Waals surface area contributed by atoms with Gasteiger partial charge < -0.3 is 4.90 Å². The number of hydrogen-bond acceptors (Lipinski definition) is 4. The van der Waals surface area contributed by atoms with Crippen LogP contribution in [0.4, 0.5) is 0 Å². The highest BCUT2D eigenvalue weighted by Crippen LogP contribution is 2.25. The van der Waals surface area contributed by atoms with Crippen LogP contribution >= 0.6 is 11.8 Å². The third-order valence-corrected chi connectivity index (χ3v) is 4.86. The molecule has 1 aromatic heterocycles. The monoisotopic (exact) mass is 352 g/mol. The van der Waals surface area contributed by atoms with Crippen LogP contribution in [0.5, 0.6) is 0 Å². The van der Waals surface area contributed by atoms with Gasteiger partial charge in [0.1, 0.15) is 6.33 Å². The lowest BCUT2D eigenvalue weighted by molar-refractivity contribution is -0.129. The van der Waals surface area contributed by atoms with E-state index in [2.05, 4.69) is 10.2 Å². The summed E-state index contributed by atoms with van der Waals surface area (Å²) in [6.07, 6.45) is 1.67. The average molecular weight is 352 g/mol. The Morgan fingerprint density at radius 1 is 1.12 bits per heavy atom. The number of carbonyl (C=O) groups is 1. The Morgan fingerprint density at radius 2 is 1.76 bits per heavy atom. The molecule has 0 unspecified atom stereocenters. The van der Waals surface area contributed by atoms with Crippen molar-refractivity contribution in [2.75, 3.05) is 7.05 Å². The maximum absolute atomic E-state index is 12.7. The number of para-hydroxylation sites is 1. The van der Waals surface area contributed by atoms with Crippen LogP contribution in [0.2, 0.25) is 0 Å². The van der Waals surface area contributed by atoms with Gasteiger partial charge in [0.25, 0.3) is 0 Å². The molecule has 3 rings (SSSR count). The van der Waals surface area contributed by atoms with Crippen molar-refractivity contribution in [3.63, 3.8) is 0 Å². The fraction of sp³-hybridized carbons (Fsp3) is 0.211. The van der Waals surface area contributed by atoms with E-state index in [0.717, 1.165) is 11.3 Å². The first-order chi connectivity index (χ1) is 12.1. The molecule has 1 heterocycles. The molecular weight excluding hydrogens is 332 g/mol. The van der Waals surface area contributed by atoms with Crippen LogP contribution in [-0.4, -0.2) is 37.9 Å². The quantitative estimate of drug-likeness (QED) is 0.638. The van der Waals surface area contributed by atoms with E-state index in [0.29, 0.717) is 11.7 Å². The highest BCUT2D eigenvalue weighted by Gasteiger charge is 2.21. The second-order valence-electron chi connectivity index (χ2n) is 5.76. The number of hydrogen-bond donors (Lipinski definition) is 0. The molecule has 2 aromatic carbocycles. The second kappa shape index (κ2) is 7.98. The summed E-state index contributed by atoms with van der Waals surface area (Å²) < 4.78 is 1.89. The van der Waals surface area contributed by atoms with Crippen LogP contribution in [0.25, 0.3) is 5.69 Å². The van der Waals surface area contributed by atoms with E-state index in [1.807, 2.05) is 79.2 Å². The molecule has 5 nitrogen and oxygen atoms in total. The summed E-state index contributed by atoms with van der Waals surface area (Å²) in [5, 5.41) is 8.61. The second-order valence-corrected chi connectivity index (χ2v) is 7.07. The Bertz CT molecular complexity index is 820. The van der Waals surface area contributed by atoms with Crippen LogP contribution in [0.1, 0.15) is 12.5 Å². The van der Waals surface area contributed by atoms with Crippen LogP contribution < -0.4 is 0 Å². The molecule has 0 aliphatic rings. The molecule has 0 saturated carbocycles. The van der Waals surface area contributed by atoms with Gasteiger partial charge in [-0.05, 0) is 24.6 Å². The number of rotatable bonds is 6. The molecule has 0 aliphatic carbocycles. The van der Waals surface area contributed by atoms with Crippen molar-refractivity contribution >= 4 is 17.7 Å². The van der Waals surface area contributed by atoms with Gasteiger partial charge in [-0.3, -0.25) is 9.36 Å². The first-order valence-corrected chi connectivity index (χ1v) is 8.94. The van der Waals surface area contributed by atoms with Crippen molar-refractivity contribution in [1.29, 1.82) is 0 Å². The first kappa shape index (κ1) is 17.2. The maximum Gasteiger partial charge on any atom is 0.235 e. The molecule has 128 valence electrons. The molecule has 0 saturated heterocycles. The molecule has 1 amide bonds. The minimum atomic E-state index is -0.250. The summed E-state index contributed by atoms with van der Waals surface area (Å²) >= 11 is 1.42. The van der Waals surface area contributed by atoms with Crippen molar-refractivity contribution in [3.05, 3.63) is 72.6 Å². The minimum Gasteiger partial charge on any atom is -0.340 e. The molecule has 3 aromatic rings. The standard InChI is InChI=1S/C19H20N4OS/c1-15(18(24)22(2)13-16-9-5-3-6-10-16)25-19-21-20-14-23(19)17-11-7-4-8-12-17/h3-12,14-15H,13H2,1-2H3/t15-/m1/s1. The van der Waals surface area contributed by atoms with Crippen LogP contribution in [-0.2, 0) is 11.3 Å². The molecule has 0 spiro atoms. The molecule has 0 bridgehead atoms. The molecule has 1 atom stereocenters. The summed E-state index contributed by atoms with van der Waals surface area (Å²) in [7, 11) is 1.83. The summed E-state index contributed by atoms with van der Waals surface area (Å²) in [5.74, 6) is 0.0662. The van der Waals surface area contributed by atoms with Gasteiger partial charge in [0, 0.05) is 19.3 Å². The zero-order chi connectivity index (χ0) is 17.6. The maximum atomic E-state index is 12.7. The Hall–Kier alpha value is -2.60. The van der Waals surface area contributed by atoms with Crippen LogP contribution in [0.3, 0.4) is 0 Å².